The molecule has 1 aliphatic rings. The fourth-order valence-corrected chi connectivity index (χ4v) is 2.74. The van der Waals surface area contributed by atoms with Gasteiger partial charge < -0.3 is 15.2 Å². The molecule has 2 heterocycles. The molecule has 0 radical (unpaired) electrons. The number of H-pyrrole nitrogens is 1. The second-order valence-electron chi connectivity index (χ2n) is 4.65. The number of aromatic amines is 1. The first-order chi connectivity index (χ1) is 8.70. The van der Waals surface area contributed by atoms with Crippen LogP contribution in [0.5, 0.6) is 0 Å². The summed E-state index contributed by atoms with van der Waals surface area (Å²) in [6.07, 6.45) is 4.90. The van der Waals surface area contributed by atoms with Crippen molar-refractivity contribution in [3.8, 4) is 0 Å². The highest BCUT2D eigenvalue weighted by Gasteiger charge is 2.19. The van der Waals surface area contributed by atoms with Crippen molar-refractivity contribution in [1.29, 1.82) is 0 Å². The molecule has 0 atom stereocenters. The van der Waals surface area contributed by atoms with Crippen molar-refractivity contribution in [2.24, 2.45) is 0 Å². The molecular weight excluding hydrogens is 343 g/mol. The number of nitrogens with one attached hydrogen (secondary N) is 2. The SMILES string of the molecule is CCCN1CCC(Nc2nc[nH]c(=O)c2I)CC1. The first-order valence-corrected chi connectivity index (χ1v) is 7.50. The quantitative estimate of drug-likeness (QED) is 0.800. The van der Waals surface area contributed by atoms with Gasteiger partial charge in [-0.05, 0) is 48.4 Å². The van der Waals surface area contributed by atoms with Gasteiger partial charge in [-0.2, -0.15) is 0 Å². The van der Waals surface area contributed by atoms with Gasteiger partial charge in [0.1, 0.15) is 9.39 Å². The Morgan fingerprint density at radius 1 is 1.56 bits per heavy atom. The lowest BCUT2D eigenvalue weighted by Crippen LogP contribution is -2.39. The van der Waals surface area contributed by atoms with Crippen LogP contribution in [0.25, 0.3) is 0 Å². The molecule has 1 aromatic rings. The van der Waals surface area contributed by atoms with Crippen molar-refractivity contribution in [3.05, 3.63) is 20.3 Å². The fraction of sp³-hybridized carbons (Fsp3) is 0.667. The molecule has 0 unspecified atom stereocenters. The Morgan fingerprint density at radius 2 is 2.28 bits per heavy atom. The average molecular weight is 362 g/mol. The third kappa shape index (κ3) is 3.44. The molecule has 5 nitrogen and oxygen atoms in total. The first-order valence-electron chi connectivity index (χ1n) is 6.42. The zero-order valence-electron chi connectivity index (χ0n) is 10.6. The molecule has 1 fully saturated rings. The van der Waals surface area contributed by atoms with Gasteiger partial charge in [-0.1, -0.05) is 6.92 Å². The molecule has 0 spiro atoms. The molecule has 1 aromatic heterocycles. The Labute approximate surface area is 121 Å². The Hall–Kier alpha value is -0.630. The maximum Gasteiger partial charge on any atom is 0.266 e. The highest BCUT2D eigenvalue weighted by Crippen LogP contribution is 2.17. The number of nitrogens with zero attached hydrogens (tertiary/aromatic N) is 2. The maximum absolute atomic E-state index is 11.5. The number of hydrogen-bond acceptors (Lipinski definition) is 4. The van der Waals surface area contributed by atoms with E-state index in [1.165, 1.54) is 19.3 Å². The van der Waals surface area contributed by atoms with E-state index in [0.717, 1.165) is 25.9 Å². The van der Waals surface area contributed by atoms with Crippen molar-refractivity contribution in [2.75, 3.05) is 25.0 Å². The minimum Gasteiger partial charge on any atom is -0.366 e. The van der Waals surface area contributed by atoms with E-state index >= 15 is 0 Å². The topological polar surface area (TPSA) is 61.0 Å². The molecule has 0 bridgehead atoms. The van der Waals surface area contributed by atoms with Crippen LogP contribution in [0.2, 0.25) is 0 Å². The minimum absolute atomic E-state index is 0.0727. The molecule has 100 valence electrons. The molecule has 0 aromatic carbocycles. The van der Waals surface area contributed by atoms with Crippen LogP contribution in [0.1, 0.15) is 26.2 Å². The summed E-state index contributed by atoms with van der Waals surface area (Å²) in [6.45, 7) is 5.66. The summed E-state index contributed by atoms with van der Waals surface area (Å²) in [5.74, 6) is 0.716. The van der Waals surface area contributed by atoms with E-state index in [2.05, 4.69) is 27.1 Å². The highest BCUT2D eigenvalue weighted by molar-refractivity contribution is 14.1. The van der Waals surface area contributed by atoms with Gasteiger partial charge in [0.05, 0.1) is 6.33 Å². The van der Waals surface area contributed by atoms with Crippen molar-refractivity contribution < 1.29 is 0 Å². The fourth-order valence-electron chi connectivity index (χ4n) is 2.29. The van der Waals surface area contributed by atoms with Gasteiger partial charge in [-0.15, -0.1) is 0 Å². The number of aromatic nitrogens is 2. The molecule has 0 amide bonds. The molecule has 18 heavy (non-hydrogen) atoms. The van der Waals surface area contributed by atoms with E-state index < -0.39 is 0 Å². The van der Waals surface area contributed by atoms with Crippen LogP contribution < -0.4 is 10.9 Å². The number of likely N-dealkylation sites (tertiary alicyclic amines) is 1. The van der Waals surface area contributed by atoms with Crippen LogP contribution >= 0.6 is 22.6 Å². The zero-order valence-corrected chi connectivity index (χ0v) is 12.7. The van der Waals surface area contributed by atoms with E-state index in [1.54, 1.807) is 0 Å². The van der Waals surface area contributed by atoms with E-state index in [9.17, 15) is 4.79 Å². The monoisotopic (exact) mass is 362 g/mol. The molecular formula is C12H19IN4O. The van der Waals surface area contributed by atoms with Crippen LogP contribution in [-0.2, 0) is 0 Å². The Balaban J connectivity index is 1.92. The molecule has 0 aliphatic carbocycles. The molecule has 1 aliphatic heterocycles. The molecule has 6 heteroatoms. The van der Waals surface area contributed by atoms with E-state index in [-0.39, 0.29) is 5.56 Å². The van der Waals surface area contributed by atoms with Crippen molar-refractivity contribution in [3.63, 3.8) is 0 Å². The van der Waals surface area contributed by atoms with Crippen LogP contribution in [0, 0.1) is 3.57 Å². The lowest BCUT2D eigenvalue weighted by Gasteiger charge is -2.32. The molecule has 2 rings (SSSR count). The highest BCUT2D eigenvalue weighted by atomic mass is 127. The standard InChI is InChI=1S/C12H19IN4O/c1-2-5-17-6-3-9(4-7-17)16-11-10(13)12(18)15-8-14-11/h8-9H,2-7H2,1H3,(H2,14,15,16,18). The normalized spacial score (nSPS) is 17.9. The predicted molar refractivity (Wildman–Crippen MR) is 81.0 cm³/mol. The third-order valence-electron chi connectivity index (χ3n) is 3.26. The third-order valence-corrected chi connectivity index (χ3v) is 4.27. The summed E-state index contributed by atoms with van der Waals surface area (Å²) < 4.78 is 0.645. The van der Waals surface area contributed by atoms with Crippen molar-refractivity contribution in [1.82, 2.24) is 14.9 Å². The molecule has 1 saturated heterocycles. The van der Waals surface area contributed by atoms with E-state index in [1.807, 2.05) is 22.6 Å². The van der Waals surface area contributed by atoms with Gasteiger partial charge in [-0.25, -0.2) is 4.98 Å². The first kappa shape index (κ1) is 13.8. The summed E-state index contributed by atoms with van der Waals surface area (Å²) >= 11 is 2.04. The smallest absolute Gasteiger partial charge is 0.266 e. The minimum atomic E-state index is -0.0727. The Kier molecular flexibility index (Phi) is 4.99. The molecule has 0 saturated carbocycles. The lowest BCUT2D eigenvalue weighted by atomic mass is 10.0. The number of anilines is 1. The van der Waals surface area contributed by atoms with Crippen LogP contribution in [0.4, 0.5) is 5.82 Å². The second-order valence-corrected chi connectivity index (χ2v) is 5.73. The number of halogens is 1. The summed E-state index contributed by atoms with van der Waals surface area (Å²) in [5.41, 5.74) is -0.0727. The van der Waals surface area contributed by atoms with Crippen LogP contribution in [0.3, 0.4) is 0 Å². The Morgan fingerprint density at radius 3 is 2.94 bits per heavy atom. The lowest BCUT2D eigenvalue weighted by molar-refractivity contribution is 0.219. The van der Waals surface area contributed by atoms with E-state index in [4.69, 9.17) is 0 Å². The number of piperidine rings is 1. The van der Waals surface area contributed by atoms with Crippen LogP contribution in [-0.4, -0.2) is 40.5 Å². The Bertz CT molecular complexity index is 440. The van der Waals surface area contributed by atoms with Gasteiger partial charge in [0.2, 0.25) is 0 Å². The van der Waals surface area contributed by atoms with Gasteiger partial charge >= 0.3 is 0 Å². The van der Waals surface area contributed by atoms with Crippen LogP contribution in [0.15, 0.2) is 11.1 Å². The number of rotatable bonds is 4. The predicted octanol–water partition coefficient (Wildman–Crippen LogP) is 1.66. The summed E-state index contributed by atoms with van der Waals surface area (Å²) in [4.78, 5) is 20.7. The zero-order chi connectivity index (χ0) is 13.0. The average Bonchev–Trinajstić information content (AvgIpc) is 2.38. The summed E-state index contributed by atoms with van der Waals surface area (Å²) in [5, 5.41) is 3.39. The molecule has 2 N–H and O–H groups in total. The van der Waals surface area contributed by atoms with Gasteiger partial charge in [-0.3, -0.25) is 4.79 Å². The van der Waals surface area contributed by atoms with Gasteiger partial charge in [0, 0.05) is 19.1 Å². The largest absolute Gasteiger partial charge is 0.366 e. The van der Waals surface area contributed by atoms with Crippen molar-refractivity contribution >= 4 is 28.4 Å². The van der Waals surface area contributed by atoms with Crippen molar-refractivity contribution in [2.45, 2.75) is 32.2 Å². The summed E-state index contributed by atoms with van der Waals surface area (Å²) in [7, 11) is 0. The second kappa shape index (κ2) is 6.51. The number of hydrogen-bond donors (Lipinski definition) is 2. The van der Waals surface area contributed by atoms with Gasteiger partial charge in [0.15, 0.2) is 0 Å². The van der Waals surface area contributed by atoms with Gasteiger partial charge in [0.25, 0.3) is 5.56 Å². The maximum atomic E-state index is 11.5. The van der Waals surface area contributed by atoms with E-state index in [0.29, 0.717) is 15.4 Å². The summed E-state index contributed by atoms with van der Waals surface area (Å²) in [6, 6.07) is 0.431.